The van der Waals surface area contributed by atoms with Crippen LogP contribution in [0, 0.1) is 12.3 Å². The zero-order valence-electron chi connectivity index (χ0n) is 18.6. The number of carbonyl (C=O) groups is 2. The molecule has 0 fully saturated rings. The second-order valence-electron chi connectivity index (χ2n) is 8.68. The minimum Gasteiger partial charge on any atom is -0.307 e. The molecule has 0 saturated heterocycles. The van der Waals surface area contributed by atoms with Crippen LogP contribution in [0.2, 0.25) is 0 Å². The summed E-state index contributed by atoms with van der Waals surface area (Å²) in [5.41, 5.74) is 6.47. The van der Waals surface area contributed by atoms with Gasteiger partial charge in [0.15, 0.2) is 0 Å². The van der Waals surface area contributed by atoms with Gasteiger partial charge in [-0.05, 0) is 84.9 Å². The molecule has 7 heteroatoms. The van der Waals surface area contributed by atoms with Gasteiger partial charge in [0.2, 0.25) is 0 Å². The Kier molecular flexibility index (Phi) is 6.85. The molecule has 0 atom stereocenters. The summed E-state index contributed by atoms with van der Waals surface area (Å²) in [5, 5.41) is 2.85. The molecule has 33 heavy (non-hydrogen) atoms. The molecule has 172 valence electrons. The van der Waals surface area contributed by atoms with E-state index in [9.17, 15) is 18.0 Å². The summed E-state index contributed by atoms with van der Waals surface area (Å²) in [6.07, 6.45) is 12.7. The number of hydrogen-bond acceptors (Lipinski definition) is 4. The Bertz CT molecular complexity index is 1190. The summed E-state index contributed by atoms with van der Waals surface area (Å²) < 4.78 is 27.6. The second-order valence-corrected chi connectivity index (χ2v) is 10.4. The highest BCUT2D eigenvalue weighted by molar-refractivity contribution is 7.90. The van der Waals surface area contributed by atoms with Crippen molar-refractivity contribution < 1.29 is 18.0 Å². The number of terminal acetylenes is 1. The zero-order valence-corrected chi connectivity index (χ0v) is 19.4. The molecule has 6 nitrogen and oxygen atoms in total. The average Bonchev–Trinajstić information content (AvgIpc) is 3.45. The van der Waals surface area contributed by atoms with E-state index in [4.69, 9.17) is 6.42 Å². The van der Waals surface area contributed by atoms with E-state index in [0.717, 1.165) is 60.9 Å². The Morgan fingerprint density at radius 2 is 1.58 bits per heavy atom. The van der Waals surface area contributed by atoms with Gasteiger partial charge in [0.05, 0.1) is 4.90 Å². The highest BCUT2D eigenvalue weighted by Crippen LogP contribution is 2.38. The van der Waals surface area contributed by atoms with Gasteiger partial charge < -0.3 is 5.32 Å². The summed E-state index contributed by atoms with van der Waals surface area (Å²) in [7, 11) is -4.02. The van der Waals surface area contributed by atoms with Gasteiger partial charge in [-0.3, -0.25) is 4.79 Å². The van der Waals surface area contributed by atoms with Crippen LogP contribution in [-0.4, -0.2) is 20.2 Å². The van der Waals surface area contributed by atoms with E-state index >= 15 is 0 Å². The van der Waals surface area contributed by atoms with Crippen LogP contribution in [0.5, 0.6) is 0 Å². The van der Waals surface area contributed by atoms with E-state index < -0.39 is 16.1 Å². The quantitative estimate of drug-likeness (QED) is 0.576. The highest BCUT2D eigenvalue weighted by Gasteiger charge is 2.26. The van der Waals surface area contributed by atoms with Crippen molar-refractivity contribution in [3.05, 3.63) is 58.1 Å². The number of Topliss-reactive ketones (excluding diaryl/α,β-unsaturated/α-hetero) is 1. The van der Waals surface area contributed by atoms with Crippen LogP contribution >= 0.6 is 0 Å². The lowest BCUT2D eigenvalue weighted by Gasteiger charge is -2.16. The number of anilines is 1. The van der Waals surface area contributed by atoms with Crippen molar-refractivity contribution in [2.45, 2.75) is 69.1 Å². The number of fused-ring (bicyclic) bond motifs is 2. The minimum absolute atomic E-state index is 0.00331. The van der Waals surface area contributed by atoms with Gasteiger partial charge in [-0.15, -0.1) is 12.3 Å². The molecule has 0 unspecified atom stereocenters. The molecule has 0 aromatic heterocycles. The number of benzene rings is 2. The molecule has 2 aliphatic carbocycles. The van der Waals surface area contributed by atoms with Gasteiger partial charge in [-0.1, -0.05) is 18.2 Å². The van der Waals surface area contributed by atoms with Crippen molar-refractivity contribution in [3.8, 4) is 12.3 Å². The van der Waals surface area contributed by atoms with Crippen molar-refractivity contribution in [2.75, 3.05) is 5.32 Å². The predicted octanol–water partition coefficient (Wildman–Crippen LogP) is 4.09. The minimum atomic E-state index is -4.02. The molecule has 0 saturated carbocycles. The van der Waals surface area contributed by atoms with E-state index in [-0.39, 0.29) is 10.7 Å². The number of nitrogens with one attached hydrogen (secondary N) is 2. The molecule has 4 rings (SSSR count). The summed E-state index contributed by atoms with van der Waals surface area (Å²) in [4.78, 5) is 24.5. The Morgan fingerprint density at radius 3 is 2.18 bits per heavy atom. The third-order valence-corrected chi connectivity index (χ3v) is 7.76. The van der Waals surface area contributed by atoms with E-state index in [2.05, 4.69) is 22.0 Å². The average molecular weight is 465 g/mol. The van der Waals surface area contributed by atoms with Crippen molar-refractivity contribution in [3.63, 3.8) is 0 Å². The molecule has 2 N–H and O–H groups in total. The first-order valence-corrected chi connectivity index (χ1v) is 12.9. The first kappa shape index (κ1) is 23.1. The van der Waals surface area contributed by atoms with Crippen LogP contribution in [0.3, 0.4) is 0 Å². The van der Waals surface area contributed by atoms with Gasteiger partial charge in [0.25, 0.3) is 10.0 Å². The van der Waals surface area contributed by atoms with Gasteiger partial charge >= 0.3 is 6.03 Å². The Balaban J connectivity index is 1.41. The smallest absolute Gasteiger partial charge is 0.307 e. The van der Waals surface area contributed by atoms with Crippen molar-refractivity contribution in [1.29, 1.82) is 0 Å². The molecular formula is C26H28N2O4S. The normalized spacial score (nSPS) is 14.3. The summed E-state index contributed by atoms with van der Waals surface area (Å²) in [6.45, 7) is 0. The molecule has 2 amide bonds. The fourth-order valence-electron chi connectivity index (χ4n) is 4.74. The Morgan fingerprint density at radius 1 is 0.939 bits per heavy atom. The SMILES string of the molecule is C#CCCC(=O)CCc1ccc(S(=O)(=O)NC(=O)Nc2c3c(cc4c2CCC4)CCC3)cc1. The number of sulfonamides is 1. The van der Waals surface area contributed by atoms with Crippen molar-refractivity contribution in [2.24, 2.45) is 0 Å². The van der Waals surface area contributed by atoms with E-state index in [1.54, 1.807) is 12.1 Å². The highest BCUT2D eigenvalue weighted by atomic mass is 32.2. The molecular weight excluding hydrogens is 436 g/mol. The number of amides is 2. The lowest BCUT2D eigenvalue weighted by atomic mass is 9.99. The fraction of sp³-hybridized carbons (Fsp3) is 0.385. The Labute approximate surface area is 195 Å². The van der Waals surface area contributed by atoms with Crippen molar-refractivity contribution >= 4 is 27.5 Å². The lowest BCUT2D eigenvalue weighted by molar-refractivity contribution is -0.118. The van der Waals surface area contributed by atoms with Crippen LogP contribution < -0.4 is 10.0 Å². The number of carbonyl (C=O) groups excluding carboxylic acids is 2. The zero-order chi connectivity index (χ0) is 23.4. The van der Waals surface area contributed by atoms with Gasteiger partial charge in [0.1, 0.15) is 5.78 Å². The maximum atomic E-state index is 12.8. The lowest BCUT2D eigenvalue weighted by Crippen LogP contribution is -2.35. The number of hydrogen-bond donors (Lipinski definition) is 2. The number of rotatable bonds is 8. The van der Waals surface area contributed by atoms with Crippen LogP contribution in [-0.2, 0) is 46.9 Å². The molecule has 0 bridgehead atoms. The van der Waals surface area contributed by atoms with Crippen molar-refractivity contribution in [1.82, 2.24) is 4.72 Å². The third kappa shape index (κ3) is 5.28. The maximum absolute atomic E-state index is 12.8. The Hall–Kier alpha value is -3.11. The largest absolute Gasteiger partial charge is 0.333 e. The molecule has 0 aliphatic heterocycles. The van der Waals surface area contributed by atoms with Gasteiger partial charge in [-0.2, -0.15) is 0 Å². The monoisotopic (exact) mass is 464 g/mol. The van der Waals surface area contributed by atoms with E-state index in [0.29, 0.717) is 25.7 Å². The summed E-state index contributed by atoms with van der Waals surface area (Å²) in [6, 6.07) is 7.75. The molecule has 0 spiro atoms. The predicted molar refractivity (Wildman–Crippen MR) is 128 cm³/mol. The topological polar surface area (TPSA) is 92.3 Å². The molecule has 0 radical (unpaired) electrons. The first-order valence-electron chi connectivity index (χ1n) is 11.4. The van der Waals surface area contributed by atoms with Crippen LogP contribution in [0.1, 0.15) is 59.9 Å². The molecule has 2 aromatic rings. The number of ketones is 1. The second kappa shape index (κ2) is 9.80. The van der Waals surface area contributed by atoms with Gasteiger partial charge in [0, 0.05) is 24.9 Å². The van der Waals surface area contributed by atoms with E-state index in [1.165, 1.54) is 23.3 Å². The first-order chi connectivity index (χ1) is 15.9. The number of urea groups is 1. The van der Waals surface area contributed by atoms with Gasteiger partial charge in [-0.25, -0.2) is 17.9 Å². The fourth-order valence-corrected chi connectivity index (χ4v) is 5.65. The number of aryl methyl sites for hydroxylation is 3. The molecule has 2 aliphatic rings. The maximum Gasteiger partial charge on any atom is 0.333 e. The third-order valence-electron chi connectivity index (χ3n) is 6.41. The standard InChI is InChI=1S/C26H28N2O4S/c1-2-3-8-21(29)14-11-18-12-15-22(16-13-18)33(31,32)28-26(30)27-25-23-9-4-6-19(23)17-20-7-5-10-24(20)25/h1,12-13,15-17H,3-11,14H2,(H2,27,28,30). The van der Waals surface area contributed by atoms with Crippen LogP contribution in [0.15, 0.2) is 35.2 Å². The van der Waals surface area contributed by atoms with Crippen LogP contribution in [0.25, 0.3) is 0 Å². The summed E-state index contributed by atoms with van der Waals surface area (Å²) >= 11 is 0. The van der Waals surface area contributed by atoms with E-state index in [1.807, 2.05) is 0 Å². The molecule has 2 aromatic carbocycles. The van der Waals surface area contributed by atoms with Crippen LogP contribution in [0.4, 0.5) is 10.5 Å². The summed E-state index contributed by atoms with van der Waals surface area (Å²) in [5.74, 6) is 2.53. The molecule has 0 heterocycles.